The molecule has 0 aliphatic carbocycles. The van der Waals surface area contributed by atoms with Gasteiger partial charge in [-0.15, -0.1) is 11.3 Å². The summed E-state index contributed by atoms with van der Waals surface area (Å²) in [5.74, 6) is 0.732. The van der Waals surface area contributed by atoms with Crippen molar-refractivity contribution < 1.29 is 9.53 Å². The molecule has 94 valence electrons. The van der Waals surface area contributed by atoms with Crippen molar-refractivity contribution in [2.24, 2.45) is 0 Å². The smallest absolute Gasteiger partial charge is 0.203 e. The van der Waals surface area contributed by atoms with Crippen molar-refractivity contribution in [1.29, 1.82) is 0 Å². The fourth-order valence-corrected chi connectivity index (χ4v) is 3.13. The number of halogens is 2. The Labute approximate surface area is 123 Å². The molecule has 0 atom stereocenters. The second-order valence-corrected chi connectivity index (χ2v) is 6.03. The molecule has 2 rings (SSSR count). The van der Waals surface area contributed by atoms with Crippen LogP contribution in [0.2, 0.25) is 4.34 Å². The number of carbonyl (C=O) groups is 1. The Bertz CT molecular complexity index is 543. The number of carbonyl (C=O) groups excluding carboxylic acids is 1. The molecule has 0 radical (unpaired) electrons. The molecular formula is C13H10BrClO2S. The lowest BCUT2D eigenvalue weighted by Crippen LogP contribution is -1.98. The molecule has 0 aliphatic rings. The minimum Gasteiger partial charge on any atom is -0.494 e. The SMILES string of the molecule is CCOc1ccc(C(=O)c2cc(Br)c(Cl)s2)cc1. The molecule has 0 saturated heterocycles. The maximum absolute atomic E-state index is 12.2. The van der Waals surface area contributed by atoms with Gasteiger partial charge in [0.1, 0.15) is 10.1 Å². The Hall–Kier alpha value is -0.840. The van der Waals surface area contributed by atoms with E-state index in [1.165, 1.54) is 11.3 Å². The first-order valence-corrected chi connectivity index (χ1v) is 7.33. The Morgan fingerprint density at radius 1 is 1.39 bits per heavy atom. The van der Waals surface area contributed by atoms with Crippen LogP contribution in [0.4, 0.5) is 0 Å². The van der Waals surface area contributed by atoms with E-state index in [0.29, 0.717) is 21.4 Å². The van der Waals surface area contributed by atoms with Gasteiger partial charge in [-0.2, -0.15) is 0 Å². The van der Waals surface area contributed by atoms with E-state index in [1.54, 1.807) is 30.3 Å². The molecule has 1 aromatic carbocycles. The van der Waals surface area contributed by atoms with E-state index < -0.39 is 0 Å². The van der Waals surface area contributed by atoms with Crippen molar-refractivity contribution in [3.8, 4) is 5.75 Å². The summed E-state index contributed by atoms with van der Waals surface area (Å²) < 4.78 is 6.67. The third-order valence-electron chi connectivity index (χ3n) is 2.30. The molecule has 0 fully saturated rings. The molecule has 2 nitrogen and oxygen atoms in total. The number of hydrogen-bond acceptors (Lipinski definition) is 3. The van der Waals surface area contributed by atoms with Gasteiger partial charge in [0.05, 0.1) is 11.5 Å². The highest BCUT2D eigenvalue weighted by Gasteiger charge is 2.14. The first-order chi connectivity index (χ1) is 8.61. The van der Waals surface area contributed by atoms with Crippen LogP contribution in [0.3, 0.4) is 0 Å². The van der Waals surface area contributed by atoms with E-state index in [9.17, 15) is 4.79 Å². The lowest BCUT2D eigenvalue weighted by atomic mass is 10.1. The normalized spacial score (nSPS) is 10.4. The van der Waals surface area contributed by atoms with Gasteiger partial charge in [0.15, 0.2) is 0 Å². The van der Waals surface area contributed by atoms with E-state index >= 15 is 0 Å². The first kappa shape index (κ1) is 13.6. The Balaban J connectivity index is 2.23. The van der Waals surface area contributed by atoms with E-state index in [1.807, 2.05) is 6.92 Å². The summed E-state index contributed by atoms with van der Waals surface area (Å²) in [6.45, 7) is 2.53. The highest BCUT2D eigenvalue weighted by atomic mass is 79.9. The van der Waals surface area contributed by atoms with Gasteiger partial charge < -0.3 is 4.74 Å². The summed E-state index contributed by atoms with van der Waals surface area (Å²) in [6.07, 6.45) is 0. The summed E-state index contributed by atoms with van der Waals surface area (Å²) in [5, 5.41) is 0. The van der Waals surface area contributed by atoms with Crippen LogP contribution in [0.15, 0.2) is 34.8 Å². The molecule has 5 heteroatoms. The lowest BCUT2D eigenvalue weighted by molar-refractivity contribution is 0.104. The number of rotatable bonds is 4. The van der Waals surface area contributed by atoms with Crippen LogP contribution in [-0.4, -0.2) is 12.4 Å². The largest absolute Gasteiger partial charge is 0.494 e. The lowest BCUT2D eigenvalue weighted by Gasteiger charge is -2.03. The maximum Gasteiger partial charge on any atom is 0.203 e. The number of thiophene rings is 1. The van der Waals surface area contributed by atoms with Crippen LogP contribution in [-0.2, 0) is 0 Å². The molecule has 0 amide bonds. The second-order valence-electron chi connectivity index (χ2n) is 3.52. The monoisotopic (exact) mass is 344 g/mol. The zero-order valence-corrected chi connectivity index (χ0v) is 12.7. The number of ether oxygens (including phenoxy) is 1. The standard InChI is InChI=1S/C13H10BrClO2S/c1-2-17-9-5-3-8(4-6-9)12(16)11-7-10(14)13(15)18-11/h3-7H,2H2,1H3. The molecule has 0 bridgehead atoms. The summed E-state index contributed by atoms with van der Waals surface area (Å²) in [7, 11) is 0. The van der Waals surface area contributed by atoms with E-state index in [-0.39, 0.29) is 5.78 Å². The fourth-order valence-electron chi connectivity index (χ4n) is 1.47. The van der Waals surface area contributed by atoms with Crippen molar-refractivity contribution in [1.82, 2.24) is 0 Å². The Kier molecular flexibility index (Phi) is 4.43. The number of benzene rings is 1. The van der Waals surface area contributed by atoms with Gasteiger partial charge in [-0.05, 0) is 53.2 Å². The Morgan fingerprint density at radius 2 is 2.06 bits per heavy atom. The van der Waals surface area contributed by atoms with Crippen LogP contribution >= 0.6 is 38.9 Å². The molecule has 0 spiro atoms. The van der Waals surface area contributed by atoms with Gasteiger partial charge >= 0.3 is 0 Å². The predicted molar refractivity (Wildman–Crippen MR) is 78.1 cm³/mol. The highest BCUT2D eigenvalue weighted by Crippen LogP contribution is 2.33. The fraction of sp³-hybridized carbons (Fsp3) is 0.154. The molecule has 2 aromatic rings. The summed E-state index contributed by atoms with van der Waals surface area (Å²) in [5.41, 5.74) is 0.629. The minimum atomic E-state index is -0.0318. The number of hydrogen-bond donors (Lipinski definition) is 0. The van der Waals surface area contributed by atoms with Crippen molar-refractivity contribution in [2.75, 3.05) is 6.61 Å². The van der Waals surface area contributed by atoms with Crippen LogP contribution < -0.4 is 4.74 Å². The van der Waals surface area contributed by atoms with Gasteiger partial charge in [-0.25, -0.2) is 0 Å². The second kappa shape index (κ2) is 5.87. The third-order valence-corrected chi connectivity index (χ3v) is 4.77. The molecule has 1 aromatic heterocycles. The first-order valence-electron chi connectivity index (χ1n) is 5.34. The zero-order valence-electron chi connectivity index (χ0n) is 9.57. The molecule has 0 unspecified atom stereocenters. The molecule has 1 heterocycles. The summed E-state index contributed by atoms with van der Waals surface area (Å²) >= 11 is 10.5. The van der Waals surface area contributed by atoms with Crippen LogP contribution in [0.1, 0.15) is 22.2 Å². The van der Waals surface area contributed by atoms with Gasteiger partial charge in [0.2, 0.25) is 5.78 Å². The van der Waals surface area contributed by atoms with Gasteiger partial charge in [-0.3, -0.25) is 4.79 Å². The summed E-state index contributed by atoms with van der Waals surface area (Å²) in [6, 6.07) is 8.84. The van der Waals surface area contributed by atoms with E-state index in [2.05, 4.69) is 15.9 Å². The minimum absolute atomic E-state index is 0.0318. The number of ketones is 1. The maximum atomic E-state index is 12.2. The average Bonchev–Trinajstić information content (AvgIpc) is 2.70. The molecule has 0 aliphatic heterocycles. The van der Waals surface area contributed by atoms with Crippen LogP contribution in [0, 0.1) is 0 Å². The van der Waals surface area contributed by atoms with Crippen molar-refractivity contribution >= 4 is 44.7 Å². The van der Waals surface area contributed by atoms with Gasteiger partial charge in [-0.1, -0.05) is 11.6 Å². The van der Waals surface area contributed by atoms with Gasteiger partial charge in [0.25, 0.3) is 0 Å². The average molecular weight is 346 g/mol. The quantitative estimate of drug-likeness (QED) is 0.744. The highest BCUT2D eigenvalue weighted by molar-refractivity contribution is 9.10. The molecule has 18 heavy (non-hydrogen) atoms. The third kappa shape index (κ3) is 2.94. The van der Waals surface area contributed by atoms with Gasteiger partial charge in [0, 0.05) is 10.0 Å². The van der Waals surface area contributed by atoms with E-state index in [4.69, 9.17) is 16.3 Å². The molecule has 0 saturated carbocycles. The van der Waals surface area contributed by atoms with Crippen LogP contribution in [0.25, 0.3) is 0 Å². The summed E-state index contributed by atoms with van der Waals surface area (Å²) in [4.78, 5) is 12.8. The van der Waals surface area contributed by atoms with E-state index in [0.717, 1.165) is 10.2 Å². The van der Waals surface area contributed by atoms with Crippen molar-refractivity contribution in [3.63, 3.8) is 0 Å². The van der Waals surface area contributed by atoms with Crippen molar-refractivity contribution in [3.05, 3.63) is 49.6 Å². The van der Waals surface area contributed by atoms with Crippen LogP contribution in [0.5, 0.6) is 5.75 Å². The molecular weight excluding hydrogens is 336 g/mol. The Morgan fingerprint density at radius 3 is 2.56 bits per heavy atom. The van der Waals surface area contributed by atoms with Crippen molar-refractivity contribution in [2.45, 2.75) is 6.92 Å². The molecule has 0 N–H and O–H groups in total. The zero-order chi connectivity index (χ0) is 13.1. The predicted octanol–water partition coefficient (Wildman–Crippen LogP) is 4.79. The topological polar surface area (TPSA) is 26.3 Å².